The highest BCUT2D eigenvalue weighted by atomic mass is 16.7. The summed E-state index contributed by atoms with van der Waals surface area (Å²) in [6, 6.07) is 0. The summed E-state index contributed by atoms with van der Waals surface area (Å²) in [7, 11) is 0. The van der Waals surface area contributed by atoms with Crippen LogP contribution in [0, 0.1) is 0 Å². The van der Waals surface area contributed by atoms with E-state index in [4.69, 9.17) is 18.9 Å². The molecule has 0 aromatic carbocycles. The first-order valence-corrected chi connectivity index (χ1v) is 22.8. The molecule has 0 amide bonds. The van der Waals surface area contributed by atoms with Crippen LogP contribution in [0.1, 0.15) is 206 Å². The minimum Gasteiger partial charge on any atom is -0.462 e. The van der Waals surface area contributed by atoms with Crippen LogP contribution in [-0.2, 0) is 28.5 Å². The van der Waals surface area contributed by atoms with Gasteiger partial charge < -0.3 is 39.4 Å². The maximum atomic E-state index is 12.8. The van der Waals surface area contributed by atoms with E-state index in [-0.39, 0.29) is 32.0 Å². The van der Waals surface area contributed by atoms with Crippen molar-refractivity contribution in [1.29, 1.82) is 0 Å². The zero-order valence-electron chi connectivity index (χ0n) is 35.2. The minimum absolute atomic E-state index is 0.214. The molecule has 1 saturated heterocycles. The molecule has 0 aromatic rings. The number of hydrogen-bond acceptors (Lipinski definition) is 10. The number of carbonyl (C=O) groups is 2. The zero-order chi connectivity index (χ0) is 40.2. The second-order valence-electron chi connectivity index (χ2n) is 15.9. The lowest BCUT2D eigenvalue weighted by atomic mass is 9.99. The predicted molar refractivity (Wildman–Crippen MR) is 220 cm³/mol. The summed E-state index contributed by atoms with van der Waals surface area (Å²) in [6.45, 7) is 3.42. The molecule has 1 aliphatic rings. The highest BCUT2D eigenvalue weighted by Gasteiger charge is 2.44. The van der Waals surface area contributed by atoms with Gasteiger partial charge in [-0.25, -0.2) is 0 Å². The van der Waals surface area contributed by atoms with Crippen molar-refractivity contribution in [3.8, 4) is 0 Å². The molecule has 0 aromatic heterocycles. The molecule has 0 saturated carbocycles. The molecule has 0 bridgehead atoms. The molecule has 0 aliphatic carbocycles. The van der Waals surface area contributed by atoms with Crippen molar-refractivity contribution < 1.29 is 49.0 Å². The van der Waals surface area contributed by atoms with Crippen molar-refractivity contribution >= 4 is 11.9 Å². The van der Waals surface area contributed by atoms with Crippen LogP contribution in [0.15, 0.2) is 12.2 Å². The second kappa shape index (κ2) is 36.8. The minimum atomic E-state index is -1.59. The van der Waals surface area contributed by atoms with Crippen molar-refractivity contribution in [3.63, 3.8) is 0 Å². The molecule has 2 unspecified atom stereocenters. The van der Waals surface area contributed by atoms with E-state index in [0.717, 1.165) is 44.9 Å². The van der Waals surface area contributed by atoms with E-state index >= 15 is 0 Å². The molecule has 10 nitrogen and oxygen atoms in total. The Labute approximate surface area is 335 Å². The lowest BCUT2D eigenvalue weighted by Crippen LogP contribution is -2.59. The maximum absolute atomic E-state index is 12.8. The van der Waals surface area contributed by atoms with Crippen LogP contribution >= 0.6 is 0 Å². The highest BCUT2D eigenvalue weighted by Crippen LogP contribution is 2.23. The van der Waals surface area contributed by atoms with Crippen LogP contribution in [0.25, 0.3) is 0 Å². The maximum Gasteiger partial charge on any atom is 0.306 e. The molecular formula is C45H84O10. The smallest absolute Gasteiger partial charge is 0.306 e. The van der Waals surface area contributed by atoms with Gasteiger partial charge in [0.2, 0.25) is 0 Å². The third-order valence-corrected chi connectivity index (χ3v) is 10.7. The third-order valence-electron chi connectivity index (χ3n) is 10.7. The summed E-state index contributed by atoms with van der Waals surface area (Å²) in [5.74, 6) is -0.802. The van der Waals surface area contributed by atoms with E-state index in [0.29, 0.717) is 6.42 Å². The Morgan fingerprint density at radius 2 is 0.964 bits per heavy atom. The van der Waals surface area contributed by atoms with Gasteiger partial charge in [0.25, 0.3) is 0 Å². The number of aliphatic hydroxyl groups is 4. The van der Waals surface area contributed by atoms with Crippen LogP contribution in [0.5, 0.6) is 0 Å². The van der Waals surface area contributed by atoms with E-state index in [1.807, 2.05) is 0 Å². The van der Waals surface area contributed by atoms with Gasteiger partial charge in [0.15, 0.2) is 12.4 Å². The van der Waals surface area contributed by atoms with E-state index in [2.05, 4.69) is 26.0 Å². The molecule has 1 fully saturated rings. The molecular weight excluding hydrogens is 700 g/mol. The van der Waals surface area contributed by atoms with Gasteiger partial charge in [0, 0.05) is 12.8 Å². The van der Waals surface area contributed by atoms with E-state index in [1.54, 1.807) is 0 Å². The van der Waals surface area contributed by atoms with Gasteiger partial charge in [0.1, 0.15) is 31.0 Å². The molecule has 0 radical (unpaired) electrons. The molecule has 0 spiro atoms. The number of hydrogen-bond donors (Lipinski definition) is 4. The number of aliphatic hydroxyl groups excluding tert-OH is 4. The summed E-state index contributed by atoms with van der Waals surface area (Å²) in [5, 5.41) is 40.1. The number of esters is 2. The van der Waals surface area contributed by atoms with Crippen LogP contribution < -0.4 is 0 Å². The Kier molecular flexibility index (Phi) is 34.4. The molecule has 6 atom stereocenters. The lowest BCUT2D eigenvalue weighted by Gasteiger charge is -2.39. The topological polar surface area (TPSA) is 152 Å². The molecule has 324 valence electrons. The Morgan fingerprint density at radius 3 is 1.44 bits per heavy atom. The van der Waals surface area contributed by atoms with Gasteiger partial charge >= 0.3 is 11.9 Å². The fourth-order valence-electron chi connectivity index (χ4n) is 7.01. The highest BCUT2D eigenvalue weighted by molar-refractivity contribution is 5.70. The fourth-order valence-corrected chi connectivity index (χ4v) is 7.01. The number of unbranched alkanes of at least 4 members (excludes halogenated alkanes) is 25. The quantitative estimate of drug-likeness (QED) is 0.0271. The molecule has 1 rings (SSSR count). The summed E-state index contributed by atoms with van der Waals surface area (Å²) in [4.78, 5) is 25.3. The van der Waals surface area contributed by atoms with Gasteiger partial charge in [0.05, 0.1) is 13.2 Å². The second-order valence-corrected chi connectivity index (χ2v) is 15.9. The summed E-state index contributed by atoms with van der Waals surface area (Å²) in [6.07, 6.45) is 30.7. The van der Waals surface area contributed by atoms with Crippen LogP contribution in [-0.4, -0.2) is 89.0 Å². The number of carbonyl (C=O) groups excluding carboxylic acids is 2. The molecule has 1 heterocycles. The Bertz CT molecular complexity index is 912. The largest absolute Gasteiger partial charge is 0.462 e. The molecule has 10 heteroatoms. The molecule has 1 aliphatic heterocycles. The van der Waals surface area contributed by atoms with Crippen LogP contribution in [0.3, 0.4) is 0 Å². The monoisotopic (exact) mass is 785 g/mol. The van der Waals surface area contributed by atoms with Crippen molar-refractivity contribution in [3.05, 3.63) is 12.2 Å². The van der Waals surface area contributed by atoms with E-state index in [9.17, 15) is 30.0 Å². The first-order valence-electron chi connectivity index (χ1n) is 22.8. The molecule has 4 N–H and O–H groups in total. The van der Waals surface area contributed by atoms with Gasteiger partial charge in [-0.1, -0.05) is 167 Å². The average Bonchev–Trinajstić information content (AvgIpc) is 3.18. The van der Waals surface area contributed by atoms with Crippen molar-refractivity contribution in [2.24, 2.45) is 0 Å². The van der Waals surface area contributed by atoms with E-state index < -0.39 is 49.4 Å². The molecule has 55 heavy (non-hydrogen) atoms. The number of ether oxygens (including phenoxy) is 4. The average molecular weight is 785 g/mol. The van der Waals surface area contributed by atoms with Crippen LogP contribution in [0.4, 0.5) is 0 Å². The summed E-state index contributed by atoms with van der Waals surface area (Å²) in [5.41, 5.74) is 0. The lowest BCUT2D eigenvalue weighted by molar-refractivity contribution is -0.305. The van der Waals surface area contributed by atoms with Crippen molar-refractivity contribution in [2.75, 3.05) is 19.8 Å². The normalized spacial score (nSPS) is 20.6. The zero-order valence-corrected chi connectivity index (χ0v) is 35.2. The van der Waals surface area contributed by atoms with Gasteiger partial charge in [-0.3, -0.25) is 9.59 Å². The summed E-state index contributed by atoms with van der Waals surface area (Å²) < 4.78 is 22.2. The van der Waals surface area contributed by atoms with Gasteiger partial charge in [-0.2, -0.15) is 0 Å². The standard InChI is InChI=1S/C45H84O10/c1-3-5-7-9-11-13-15-17-19-21-23-25-27-29-31-33-40(47)52-36-38(37-53-45-44(51)43(50)42(49)39(35-46)55-45)54-41(48)34-32-30-28-26-24-22-20-18-16-14-12-10-8-6-4-2/h14,16,38-39,42-46,49-51H,3-13,15,17-37H2,1-2H3/b16-14+/t38-,39-,42+,43?,44?,45-/m0/s1. The summed E-state index contributed by atoms with van der Waals surface area (Å²) >= 11 is 0. The third kappa shape index (κ3) is 28.5. The SMILES string of the molecule is CCCCCC/C=C/CCCCCCCCCC(=O)O[C@@H](COC(=O)CCCCCCCCCCCCCCCCC)CO[C@H]1O[C@@H](CO)[C@@H](O)C(O)C1O. The fraction of sp³-hybridized carbons (Fsp3) is 0.911. The number of rotatable bonds is 38. The Hall–Kier alpha value is -1.56. The Morgan fingerprint density at radius 1 is 0.545 bits per heavy atom. The van der Waals surface area contributed by atoms with Crippen LogP contribution in [0.2, 0.25) is 0 Å². The van der Waals surface area contributed by atoms with E-state index in [1.165, 1.54) is 128 Å². The first-order chi connectivity index (χ1) is 26.8. The predicted octanol–water partition coefficient (Wildman–Crippen LogP) is 9.56. The number of allylic oxidation sites excluding steroid dienone is 2. The van der Waals surface area contributed by atoms with Gasteiger partial charge in [-0.05, 0) is 38.5 Å². The Balaban J connectivity index is 2.32. The first kappa shape index (κ1) is 51.5. The van der Waals surface area contributed by atoms with Crippen molar-refractivity contribution in [2.45, 2.75) is 243 Å². The van der Waals surface area contributed by atoms with Crippen molar-refractivity contribution in [1.82, 2.24) is 0 Å². The van der Waals surface area contributed by atoms with Gasteiger partial charge in [-0.15, -0.1) is 0 Å².